The number of hydrogen-bond acceptors (Lipinski definition) is 2. The zero-order valence-electron chi connectivity index (χ0n) is 9.63. The van der Waals surface area contributed by atoms with Gasteiger partial charge >= 0.3 is 0 Å². The van der Waals surface area contributed by atoms with Crippen molar-refractivity contribution in [3.8, 4) is 0 Å². The first kappa shape index (κ1) is 10.1. The second-order valence-corrected chi connectivity index (χ2v) is 4.29. The summed E-state index contributed by atoms with van der Waals surface area (Å²) in [6.45, 7) is 0. The lowest BCUT2D eigenvalue weighted by Crippen LogP contribution is -2.22. The number of hydrogen-bond donors (Lipinski definition) is 0. The zero-order chi connectivity index (χ0) is 11.8. The van der Waals surface area contributed by atoms with Crippen molar-refractivity contribution in [2.45, 2.75) is 5.92 Å². The van der Waals surface area contributed by atoms with Gasteiger partial charge in [-0.1, -0.05) is 36.4 Å². The lowest BCUT2D eigenvalue weighted by Gasteiger charge is -2.33. The molecule has 0 unspecified atom stereocenters. The number of nitrogens with zero attached hydrogens (tertiary/aromatic N) is 1. The van der Waals surface area contributed by atoms with E-state index >= 15 is 0 Å². The first-order valence-corrected chi connectivity index (χ1v) is 5.70. The Bertz CT molecular complexity index is 529. The number of fused-ring (bicyclic) bond motifs is 2. The van der Waals surface area contributed by atoms with Gasteiger partial charge in [-0.15, -0.1) is 0 Å². The highest BCUT2D eigenvalue weighted by Gasteiger charge is 2.27. The fourth-order valence-corrected chi connectivity index (χ4v) is 2.56. The van der Waals surface area contributed by atoms with E-state index in [-0.39, 0.29) is 5.92 Å². The molecule has 0 amide bonds. The summed E-state index contributed by atoms with van der Waals surface area (Å²) < 4.78 is 0. The van der Waals surface area contributed by atoms with Gasteiger partial charge in [-0.3, -0.25) is 0 Å². The van der Waals surface area contributed by atoms with Crippen LogP contribution < -0.4 is 4.90 Å². The van der Waals surface area contributed by atoms with Crippen LogP contribution in [0.5, 0.6) is 0 Å². The maximum Gasteiger partial charge on any atom is 0.132 e. The summed E-state index contributed by atoms with van der Waals surface area (Å²) in [6, 6.07) is 16.1. The van der Waals surface area contributed by atoms with Crippen LogP contribution in [0, 0.1) is 0 Å². The maximum atomic E-state index is 11.4. The first-order valence-electron chi connectivity index (χ1n) is 5.70. The van der Waals surface area contributed by atoms with Crippen molar-refractivity contribution in [1.29, 1.82) is 0 Å². The second kappa shape index (κ2) is 3.74. The van der Waals surface area contributed by atoms with Gasteiger partial charge in [0, 0.05) is 18.4 Å². The van der Waals surface area contributed by atoms with E-state index in [1.54, 1.807) is 0 Å². The van der Waals surface area contributed by atoms with Crippen LogP contribution in [0.4, 0.5) is 11.4 Å². The van der Waals surface area contributed by atoms with Gasteiger partial charge < -0.3 is 9.69 Å². The summed E-state index contributed by atoms with van der Waals surface area (Å²) in [6.07, 6.45) is 1.03. The highest BCUT2D eigenvalue weighted by Crippen LogP contribution is 2.43. The molecule has 2 nitrogen and oxygen atoms in total. The third kappa shape index (κ3) is 1.37. The van der Waals surface area contributed by atoms with Crippen LogP contribution >= 0.6 is 0 Å². The highest BCUT2D eigenvalue weighted by atomic mass is 16.1. The maximum absolute atomic E-state index is 11.4. The van der Waals surface area contributed by atoms with Crippen LogP contribution in [0.3, 0.4) is 0 Å². The lowest BCUT2D eigenvalue weighted by atomic mass is 9.86. The Morgan fingerprint density at radius 1 is 0.941 bits per heavy atom. The molecule has 1 heterocycles. The molecule has 0 aromatic heterocycles. The van der Waals surface area contributed by atoms with E-state index in [4.69, 9.17) is 0 Å². The molecule has 84 valence electrons. The third-order valence-corrected chi connectivity index (χ3v) is 3.40. The van der Waals surface area contributed by atoms with Crippen molar-refractivity contribution in [2.75, 3.05) is 11.9 Å². The quantitative estimate of drug-likeness (QED) is 0.692. The molecule has 2 aromatic rings. The monoisotopic (exact) mass is 223 g/mol. The topological polar surface area (TPSA) is 20.3 Å². The van der Waals surface area contributed by atoms with Gasteiger partial charge in [0.15, 0.2) is 0 Å². The Balaban J connectivity index is 2.29. The van der Waals surface area contributed by atoms with Crippen molar-refractivity contribution >= 4 is 17.7 Å². The zero-order valence-corrected chi connectivity index (χ0v) is 9.63. The van der Waals surface area contributed by atoms with Gasteiger partial charge in [0.2, 0.25) is 0 Å². The molecule has 1 aliphatic heterocycles. The molecule has 1 aliphatic rings. The van der Waals surface area contributed by atoms with Crippen molar-refractivity contribution in [1.82, 2.24) is 0 Å². The summed E-state index contributed by atoms with van der Waals surface area (Å²) in [7, 11) is 2.04. The molecule has 2 heteroatoms. The van der Waals surface area contributed by atoms with E-state index < -0.39 is 0 Å². The number of carbonyl (C=O) groups is 1. The van der Waals surface area contributed by atoms with Crippen LogP contribution in [0.25, 0.3) is 0 Å². The molecule has 0 fully saturated rings. The normalized spacial score (nSPS) is 14.1. The molecular formula is C15H13NO. The van der Waals surface area contributed by atoms with E-state index in [0.717, 1.165) is 28.8 Å². The highest BCUT2D eigenvalue weighted by molar-refractivity contribution is 5.84. The van der Waals surface area contributed by atoms with Crippen molar-refractivity contribution in [2.24, 2.45) is 0 Å². The summed E-state index contributed by atoms with van der Waals surface area (Å²) in [5.41, 5.74) is 4.40. The number of rotatable bonds is 1. The number of aldehydes is 1. The Morgan fingerprint density at radius 3 is 1.88 bits per heavy atom. The van der Waals surface area contributed by atoms with Crippen LogP contribution in [0.15, 0.2) is 48.5 Å². The molecule has 0 saturated heterocycles. The number of benzene rings is 2. The van der Waals surface area contributed by atoms with Crippen molar-refractivity contribution in [3.63, 3.8) is 0 Å². The van der Waals surface area contributed by atoms with Gasteiger partial charge in [-0.05, 0) is 23.3 Å². The summed E-state index contributed by atoms with van der Waals surface area (Å²) in [5.74, 6) is -0.140. The molecule has 0 bridgehead atoms. The van der Waals surface area contributed by atoms with E-state index in [9.17, 15) is 4.79 Å². The summed E-state index contributed by atoms with van der Waals surface area (Å²) in [5, 5.41) is 0. The first-order chi connectivity index (χ1) is 8.33. The number of para-hydroxylation sites is 2. The fraction of sp³-hybridized carbons (Fsp3) is 0.133. The van der Waals surface area contributed by atoms with E-state index in [0.29, 0.717) is 0 Å². The average Bonchev–Trinajstić information content (AvgIpc) is 2.40. The Hall–Kier alpha value is -2.09. The second-order valence-electron chi connectivity index (χ2n) is 4.29. The van der Waals surface area contributed by atoms with Crippen LogP contribution in [-0.2, 0) is 4.79 Å². The van der Waals surface area contributed by atoms with E-state index in [2.05, 4.69) is 17.0 Å². The predicted molar refractivity (Wildman–Crippen MR) is 68.9 cm³/mol. The van der Waals surface area contributed by atoms with Crippen LogP contribution in [0.1, 0.15) is 17.0 Å². The minimum absolute atomic E-state index is 0.140. The Kier molecular flexibility index (Phi) is 2.22. The largest absolute Gasteiger partial charge is 0.344 e. The molecule has 0 aliphatic carbocycles. The van der Waals surface area contributed by atoms with Gasteiger partial charge in [-0.25, -0.2) is 0 Å². The summed E-state index contributed by atoms with van der Waals surface area (Å²) >= 11 is 0. The number of carbonyl (C=O) groups excluding carboxylic acids is 1. The summed E-state index contributed by atoms with van der Waals surface area (Å²) in [4.78, 5) is 13.5. The molecule has 17 heavy (non-hydrogen) atoms. The molecular weight excluding hydrogens is 210 g/mol. The molecule has 0 spiro atoms. The van der Waals surface area contributed by atoms with Crippen molar-refractivity contribution in [3.05, 3.63) is 59.7 Å². The molecule has 0 radical (unpaired) electrons. The molecule has 0 saturated carbocycles. The smallest absolute Gasteiger partial charge is 0.132 e. The van der Waals surface area contributed by atoms with Gasteiger partial charge in [0.25, 0.3) is 0 Å². The van der Waals surface area contributed by atoms with Crippen LogP contribution in [-0.4, -0.2) is 13.3 Å². The molecule has 3 rings (SSSR count). The molecule has 2 aromatic carbocycles. The van der Waals surface area contributed by atoms with E-state index in [1.807, 2.05) is 43.4 Å². The molecule has 0 atom stereocenters. The van der Waals surface area contributed by atoms with Crippen molar-refractivity contribution < 1.29 is 4.79 Å². The minimum Gasteiger partial charge on any atom is -0.344 e. The van der Waals surface area contributed by atoms with Gasteiger partial charge in [0.1, 0.15) is 6.29 Å². The standard InChI is InChI=1S/C15H13NO/c1-16-14-8-4-2-6-11(14)13(10-17)12-7-3-5-9-15(12)16/h2-10,13H,1H3. The lowest BCUT2D eigenvalue weighted by molar-refractivity contribution is -0.108. The van der Waals surface area contributed by atoms with Gasteiger partial charge in [-0.2, -0.15) is 0 Å². The van der Waals surface area contributed by atoms with Gasteiger partial charge in [0.05, 0.1) is 5.92 Å². The van der Waals surface area contributed by atoms with E-state index in [1.165, 1.54) is 0 Å². The molecule has 0 N–H and O–H groups in total. The third-order valence-electron chi connectivity index (χ3n) is 3.40. The Morgan fingerprint density at radius 2 is 1.41 bits per heavy atom. The Labute approximate surface area is 100 Å². The average molecular weight is 223 g/mol. The number of anilines is 2. The minimum atomic E-state index is -0.140. The van der Waals surface area contributed by atoms with Crippen LogP contribution in [0.2, 0.25) is 0 Å². The predicted octanol–water partition coefficient (Wildman–Crippen LogP) is 3.10. The SMILES string of the molecule is CN1c2ccccc2C(C=O)c2ccccc21. The fourth-order valence-electron chi connectivity index (χ4n) is 2.56.